The summed E-state index contributed by atoms with van der Waals surface area (Å²) in [5, 5.41) is 12.3. The first-order chi connectivity index (χ1) is 19.4. The molecule has 40 heavy (non-hydrogen) atoms. The van der Waals surface area contributed by atoms with Crippen LogP contribution >= 0.6 is 11.8 Å². The molecule has 6 nitrogen and oxygen atoms in total. The molecule has 1 atom stereocenters. The van der Waals surface area contributed by atoms with Crippen molar-refractivity contribution in [2.24, 2.45) is 0 Å². The van der Waals surface area contributed by atoms with Crippen LogP contribution in [0.4, 0.5) is 0 Å². The minimum absolute atomic E-state index is 0.0928. The topological polar surface area (TPSA) is 96.4 Å². The lowest BCUT2D eigenvalue weighted by Crippen LogP contribution is -2.41. The van der Waals surface area contributed by atoms with Gasteiger partial charge in [0.05, 0.1) is 0 Å². The Morgan fingerprint density at radius 1 is 0.925 bits per heavy atom. The van der Waals surface area contributed by atoms with E-state index in [1.54, 1.807) is 42.7 Å². The Bertz CT molecular complexity index is 1550. The summed E-state index contributed by atoms with van der Waals surface area (Å²) in [5.74, 6) is -0.971. The number of hydrogen-bond acceptors (Lipinski definition) is 5. The normalized spacial score (nSPS) is 11.8. The predicted molar refractivity (Wildman–Crippen MR) is 162 cm³/mol. The monoisotopic (exact) mass is 550 g/mol. The Hall–Kier alpha value is -4.49. The average molecular weight is 551 g/mol. The highest BCUT2D eigenvalue weighted by Gasteiger charge is 2.22. The third-order valence-corrected chi connectivity index (χ3v) is 7.17. The fourth-order valence-electron chi connectivity index (χ4n) is 4.37. The Kier molecular flexibility index (Phi) is 9.65. The fourth-order valence-corrected chi connectivity index (χ4v) is 4.84. The van der Waals surface area contributed by atoms with Crippen molar-refractivity contribution in [1.82, 2.24) is 10.3 Å². The van der Waals surface area contributed by atoms with E-state index in [9.17, 15) is 19.5 Å². The number of aromatic nitrogens is 1. The molecule has 0 radical (unpaired) electrons. The van der Waals surface area contributed by atoms with Gasteiger partial charge in [-0.1, -0.05) is 72.8 Å². The van der Waals surface area contributed by atoms with Gasteiger partial charge in [-0.3, -0.25) is 14.6 Å². The third-order valence-electron chi connectivity index (χ3n) is 6.53. The largest absolute Gasteiger partial charge is 0.480 e. The van der Waals surface area contributed by atoms with E-state index in [0.717, 1.165) is 16.7 Å². The molecular formula is C33H30N2O4S. The minimum atomic E-state index is -1.06. The molecule has 1 aromatic heterocycles. The molecule has 0 unspecified atom stereocenters. The number of carboxylic acids is 1. The lowest BCUT2D eigenvalue weighted by molar-refractivity contribution is -0.139. The second-order valence-corrected chi connectivity index (χ2v) is 10.2. The summed E-state index contributed by atoms with van der Waals surface area (Å²) in [6.45, 7) is 1.97. The maximum absolute atomic E-state index is 13.3. The van der Waals surface area contributed by atoms with Crippen LogP contribution < -0.4 is 5.32 Å². The van der Waals surface area contributed by atoms with Crippen molar-refractivity contribution >= 4 is 41.6 Å². The Morgan fingerprint density at radius 2 is 1.68 bits per heavy atom. The summed E-state index contributed by atoms with van der Waals surface area (Å²) >= 11 is 1.53. The van der Waals surface area contributed by atoms with E-state index in [1.807, 2.05) is 73.9 Å². The summed E-state index contributed by atoms with van der Waals surface area (Å²) in [5.41, 5.74) is 5.57. The number of nitrogens with zero attached hydrogens (tertiary/aromatic N) is 1. The van der Waals surface area contributed by atoms with E-state index in [-0.39, 0.29) is 5.78 Å². The predicted octanol–water partition coefficient (Wildman–Crippen LogP) is 6.39. The van der Waals surface area contributed by atoms with Gasteiger partial charge in [0.15, 0.2) is 5.78 Å². The zero-order valence-electron chi connectivity index (χ0n) is 22.3. The van der Waals surface area contributed by atoms with Crippen molar-refractivity contribution in [3.05, 3.63) is 125 Å². The minimum Gasteiger partial charge on any atom is -0.480 e. The number of amides is 1. The molecule has 0 fully saturated rings. The Labute approximate surface area is 238 Å². The third kappa shape index (κ3) is 6.93. The number of thioether (sulfide) groups is 1. The van der Waals surface area contributed by atoms with Crippen molar-refractivity contribution in [2.45, 2.75) is 19.4 Å². The summed E-state index contributed by atoms with van der Waals surface area (Å²) in [6, 6.07) is 23.0. The van der Waals surface area contributed by atoms with Crippen LogP contribution in [0.1, 0.15) is 49.4 Å². The number of ketones is 1. The van der Waals surface area contributed by atoms with Gasteiger partial charge in [-0.2, -0.15) is 11.8 Å². The van der Waals surface area contributed by atoms with Crippen molar-refractivity contribution in [3.8, 4) is 11.1 Å². The maximum atomic E-state index is 13.3. The standard InChI is InChI=1S/C33H30N2O4S/c1-22-8-6-7-11-26(22)29-20-23(13-15-28(29)32(37)35-30(33(38)39)17-19-40-2)12-14-25-21-34-18-16-27(25)31(36)24-9-4-3-5-10-24/h3-16,18,20-21,30H,17,19H2,1-2H3,(H,35,37)(H,38,39)/t30-/m0/s1. The van der Waals surface area contributed by atoms with Crippen LogP contribution in [0.2, 0.25) is 0 Å². The summed E-state index contributed by atoms with van der Waals surface area (Å²) in [4.78, 5) is 42.4. The number of hydrogen-bond donors (Lipinski definition) is 2. The van der Waals surface area contributed by atoms with Crippen molar-refractivity contribution in [2.75, 3.05) is 12.0 Å². The molecule has 3 aromatic carbocycles. The van der Waals surface area contributed by atoms with Gasteiger partial charge in [0.25, 0.3) is 5.91 Å². The van der Waals surface area contributed by atoms with Gasteiger partial charge >= 0.3 is 5.97 Å². The number of carboxylic acid groups (broad SMARTS) is 1. The van der Waals surface area contributed by atoms with Crippen LogP contribution in [0, 0.1) is 6.92 Å². The molecule has 0 aliphatic rings. The van der Waals surface area contributed by atoms with Crippen LogP contribution in [0.3, 0.4) is 0 Å². The highest BCUT2D eigenvalue weighted by Crippen LogP contribution is 2.29. The first kappa shape index (κ1) is 28.5. The van der Waals surface area contributed by atoms with Crippen molar-refractivity contribution < 1.29 is 19.5 Å². The van der Waals surface area contributed by atoms with Crippen molar-refractivity contribution in [1.29, 1.82) is 0 Å². The summed E-state index contributed by atoms with van der Waals surface area (Å²) in [6.07, 6.45) is 9.19. The molecule has 0 saturated carbocycles. The average Bonchev–Trinajstić information content (AvgIpc) is 2.98. The van der Waals surface area contributed by atoms with E-state index in [2.05, 4.69) is 10.3 Å². The van der Waals surface area contributed by atoms with Gasteiger partial charge in [0, 0.05) is 34.6 Å². The molecule has 202 valence electrons. The number of nitrogens with one attached hydrogen (secondary N) is 1. The molecule has 4 aromatic rings. The van der Waals surface area contributed by atoms with Gasteiger partial charge in [-0.05, 0) is 65.8 Å². The quantitative estimate of drug-likeness (QED) is 0.210. The van der Waals surface area contributed by atoms with Gasteiger partial charge in [-0.25, -0.2) is 4.79 Å². The lowest BCUT2D eigenvalue weighted by Gasteiger charge is -2.17. The summed E-state index contributed by atoms with van der Waals surface area (Å²) in [7, 11) is 0. The molecule has 0 aliphatic heterocycles. The number of carbonyl (C=O) groups is 3. The van der Waals surface area contributed by atoms with Crippen molar-refractivity contribution in [3.63, 3.8) is 0 Å². The van der Waals surface area contributed by atoms with Gasteiger partial charge in [0.1, 0.15) is 6.04 Å². The number of pyridine rings is 1. The maximum Gasteiger partial charge on any atom is 0.326 e. The summed E-state index contributed by atoms with van der Waals surface area (Å²) < 4.78 is 0. The molecule has 0 saturated heterocycles. The first-order valence-electron chi connectivity index (χ1n) is 12.8. The zero-order valence-corrected chi connectivity index (χ0v) is 23.2. The van der Waals surface area contributed by atoms with Crippen LogP contribution in [-0.4, -0.2) is 45.8 Å². The van der Waals surface area contributed by atoms with Crippen LogP contribution in [0.5, 0.6) is 0 Å². The molecule has 0 aliphatic carbocycles. The van der Waals surface area contributed by atoms with E-state index in [0.29, 0.717) is 40.0 Å². The number of benzene rings is 3. The highest BCUT2D eigenvalue weighted by atomic mass is 32.2. The van der Waals surface area contributed by atoms with Crippen LogP contribution in [0.25, 0.3) is 23.3 Å². The van der Waals surface area contributed by atoms with Gasteiger partial charge in [0.2, 0.25) is 0 Å². The number of carbonyl (C=O) groups excluding carboxylic acids is 2. The fraction of sp³-hybridized carbons (Fsp3) is 0.152. The van der Waals surface area contributed by atoms with E-state index >= 15 is 0 Å². The van der Waals surface area contributed by atoms with Gasteiger partial charge in [-0.15, -0.1) is 0 Å². The molecule has 0 bridgehead atoms. The highest BCUT2D eigenvalue weighted by molar-refractivity contribution is 7.98. The smallest absolute Gasteiger partial charge is 0.326 e. The molecular weight excluding hydrogens is 520 g/mol. The number of aliphatic carboxylic acids is 1. The molecule has 7 heteroatoms. The molecule has 1 amide bonds. The molecule has 1 heterocycles. The Morgan fingerprint density at radius 3 is 2.40 bits per heavy atom. The second-order valence-electron chi connectivity index (χ2n) is 9.26. The van der Waals surface area contributed by atoms with E-state index in [4.69, 9.17) is 0 Å². The number of rotatable bonds is 11. The molecule has 4 rings (SSSR count). The van der Waals surface area contributed by atoms with E-state index in [1.165, 1.54) is 11.8 Å². The lowest BCUT2D eigenvalue weighted by atomic mass is 9.93. The zero-order chi connectivity index (χ0) is 28.5. The Balaban J connectivity index is 1.70. The second kappa shape index (κ2) is 13.5. The van der Waals surface area contributed by atoms with Crippen LogP contribution in [0.15, 0.2) is 91.3 Å². The molecule has 2 N–H and O–H groups in total. The van der Waals surface area contributed by atoms with Gasteiger partial charge < -0.3 is 10.4 Å². The first-order valence-corrected chi connectivity index (χ1v) is 14.2. The van der Waals surface area contributed by atoms with Crippen LogP contribution in [-0.2, 0) is 4.79 Å². The SMILES string of the molecule is CSCC[C@H](NC(=O)c1ccc(C=Cc2cnccc2C(=O)c2ccccc2)cc1-c1ccccc1C)C(=O)O. The molecule has 0 spiro atoms. The van der Waals surface area contributed by atoms with E-state index < -0.39 is 17.9 Å². The number of aryl methyl sites for hydroxylation is 1.